The third kappa shape index (κ3) is 3.38. The van der Waals surface area contributed by atoms with Crippen LogP contribution in [0, 0.1) is 0 Å². The van der Waals surface area contributed by atoms with Crippen LogP contribution in [0.1, 0.15) is 39.0 Å². The van der Waals surface area contributed by atoms with Crippen LogP contribution in [0.15, 0.2) is 0 Å². The number of nitrogens with zero attached hydrogens (tertiary/aromatic N) is 1. The topological polar surface area (TPSA) is 15.3 Å². The molecule has 16 heavy (non-hydrogen) atoms. The molecule has 1 heterocycles. The van der Waals surface area contributed by atoms with E-state index < -0.39 is 0 Å². The summed E-state index contributed by atoms with van der Waals surface area (Å²) in [6.45, 7) is 4.82. The molecular formula is C13H26N2S. The van der Waals surface area contributed by atoms with Crippen LogP contribution in [-0.4, -0.2) is 48.1 Å². The maximum atomic E-state index is 3.92. The van der Waals surface area contributed by atoms with Gasteiger partial charge in [0.1, 0.15) is 0 Å². The van der Waals surface area contributed by atoms with Gasteiger partial charge in [-0.15, -0.1) is 0 Å². The van der Waals surface area contributed by atoms with Gasteiger partial charge in [0.15, 0.2) is 0 Å². The second-order valence-electron chi connectivity index (χ2n) is 5.30. The van der Waals surface area contributed by atoms with E-state index in [1.165, 1.54) is 50.9 Å². The summed E-state index contributed by atoms with van der Waals surface area (Å²) >= 11 is 2.16. The van der Waals surface area contributed by atoms with Crippen LogP contribution in [0.4, 0.5) is 0 Å². The molecule has 1 saturated heterocycles. The van der Waals surface area contributed by atoms with Crippen molar-refractivity contribution in [3.63, 3.8) is 0 Å². The summed E-state index contributed by atoms with van der Waals surface area (Å²) < 4.78 is 0. The predicted octanol–water partition coefficient (Wildman–Crippen LogP) is 2.34. The van der Waals surface area contributed by atoms with Crippen LogP contribution in [-0.2, 0) is 0 Å². The van der Waals surface area contributed by atoms with Crippen LogP contribution >= 0.6 is 11.8 Å². The summed E-state index contributed by atoms with van der Waals surface area (Å²) in [6, 6.07) is 1.54. The Morgan fingerprint density at radius 2 is 2.12 bits per heavy atom. The number of nitrogens with one attached hydrogen (secondary N) is 1. The minimum absolute atomic E-state index is 0.752. The molecule has 0 bridgehead atoms. The zero-order valence-corrected chi connectivity index (χ0v) is 11.6. The quantitative estimate of drug-likeness (QED) is 0.814. The molecule has 0 amide bonds. The molecule has 0 spiro atoms. The van der Waals surface area contributed by atoms with E-state index in [0.29, 0.717) is 0 Å². The lowest BCUT2D eigenvalue weighted by atomic mass is 10.0. The van der Waals surface area contributed by atoms with Crippen LogP contribution in [0.5, 0.6) is 0 Å². The number of hydrogen-bond donors (Lipinski definition) is 1. The predicted molar refractivity (Wildman–Crippen MR) is 73.2 cm³/mol. The molecule has 1 aliphatic heterocycles. The van der Waals surface area contributed by atoms with Gasteiger partial charge in [0.25, 0.3) is 0 Å². The minimum atomic E-state index is 0.752. The van der Waals surface area contributed by atoms with Crippen LogP contribution < -0.4 is 5.32 Å². The van der Waals surface area contributed by atoms with Gasteiger partial charge in [-0.05, 0) is 45.0 Å². The van der Waals surface area contributed by atoms with Crippen molar-refractivity contribution >= 4 is 11.8 Å². The number of rotatable bonds is 4. The molecule has 1 aliphatic carbocycles. The Morgan fingerprint density at radius 3 is 2.88 bits per heavy atom. The van der Waals surface area contributed by atoms with Crippen molar-refractivity contribution in [3.8, 4) is 0 Å². The Balaban J connectivity index is 1.79. The third-order valence-electron chi connectivity index (χ3n) is 3.91. The van der Waals surface area contributed by atoms with Crippen LogP contribution in [0.2, 0.25) is 0 Å². The van der Waals surface area contributed by atoms with E-state index in [1.807, 2.05) is 0 Å². The highest BCUT2D eigenvalue weighted by atomic mass is 32.2. The maximum absolute atomic E-state index is 3.92. The summed E-state index contributed by atoms with van der Waals surface area (Å²) in [7, 11) is 2.25. The summed E-state index contributed by atoms with van der Waals surface area (Å²) in [4.78, 5) is 2.47. The van der Waals surface area contributed by atoms with Gasteiger partial charge >= 0.3 is 0 Å². The second-order valence-corrected chi connectivity index (χ2v) is 6.82. The first-order valence-electron chi connectivity index (χ1n) is 6.85. The highest BCUT2D eigenvalue weighted by molar-refractivity contribution is 7.99. The van der Waals surface area contributed by atoms with E-state index in [2.05, 4.69) is 35.9 Å². The highest BCUT2D eigenvalue weighted by Gasteiger charge is 2.29. The molecule has 3 heteroatoms. The molecule has 94 valence electrons. The molecule has 3 unspecified atom stereocenters. The number of thioether (sulfide) groups is 1. The fourth-order valence-corrected chi connectivity index (χ4v) is 4.34. The molecule has 1 saturated carbocycles. The van der Waals surface area contributed by atoms with Gasteiger partial charge in [0.05, 0.1) is 0 Å². The Labute approximate surface area is 105 Å². The van der Waals surface area contributed by atoms with Gasteiger partial charge in [-0.2, -0.15) is 11.8 Å². The fourth-order valence-electron chi connectivity index (χ4n) is 3.14. The van der Waals surface area contributed by atoms with E-state index in [0.717, 1.165) is 17.3 Å². The van der Waals surface area contributed by atoms with E-state index in [1.54, 1.807) is 0 Å². The van der Waals surface area contributed by atoms with E-state index >= 15 is 0 Å². The van der Waals surface area contributed by atoms with Gasteiger partial charge in [-0.3, -0.25) is 0 Å². The lowest BCUT2D eigenvalue weighted by Crippen LogP contribution is -2.49. The van der Waals surface area contributed by atoms with Crippen molar-refractivity contribution in [3.05, 3.63) is 0 Å². The summed E-state index contributed by atoms with van der Waals surface area (Å²) in [6.07, 6.45) is 7.01. The molecule has 0 aromatic carbocycles. The summed E-state index contributed by atoms with van der Waals surface area (Å²) in [5.41, 5.74) is 0. The third-order valence-corrected chi connectivity index (χ3v) is 5.23. The average molecular weight is 242 g/mol. The Hall–Kier alpha value is 0.270. The van der Waals surface area contributed by atoms with Crippen LogP contribution in [0.3, 0.4) is 0 Å². The van der Waals surface area contributed by atoms with Gasteiger partial charge in [0.2, 0.25) is 0 Å². The maximum Gasteiger partial charge on any atom is 0.0201 e. The number of hydrogen-bond acceptors (Lipinski definition) is 3. The van der Waals surface area contributed by atoms with Gasteiger partial charge in [-0.25, -0.2) is 0 Å². The molecule has 3 atom stereocenters. The number of likely N-dealkylation sites (N-methyl/N-ethyl adjacent to an activating group) is 1. The molecule has 2 rings (SSSR count). The minimum Gasteiger partial charge on any atom is -0.309 e. The number of piperidine rings is 1. The first-order valence-corrected chi connectivity index (χ1v) is 7.90. The van der Waals surface area contributed by atoms with Gasteiger partial charge in [0, 0.05) is 23.9 Å². The van der Waals surface area contributed by atoms with Crippen molar-refractivity contribution in [2.45, 2.75) is 56.4 Å². The van der Waals surface area contributed by atoms with E-state index in [-0.39, 0.29) is 0 Å². The lowest BCUT2D eigenvalue weighted by molar-refractivity contribution is 0.217. The van der Waals surface area contributed by atoms with Crippen LogP contribution in [0.25, 0.3) is 0 Å². The zero-order valence-electron chi connectivity index (χ0n) is 10.7. The first-order chi connectivity index (χ1) is 7.79. The average Bonchev–Trinajstić information content (AvgIpc) is 2.66. The Morgan fingerprint density at radius 1 is 1.25 bits per heavy atom. The van der Waals surface area contributed by atoms with Crippen molar-refractivity contribution < 1.29 is 0 Å². The Kier molecular flexibility index (Phi) is 4.98. The van der Waals surface area contributed by atoms with Crippen molar-refractivity contribution in [1.82, 2.24) is 10.2 Å². The van der Waals surface area contributed by atoms with E-state index in [4.69, 9.17) is 0 Å². The normalized spacial score (nSPS) is 36.8. The zero-order chi connectivity index (χ0) is 11.4. The number of likely N-dealkylation sites (tertiary alicyclic amines) is 1. The SMILES string of the molecule is CCSC1CCCC1NC1CCCN(C)C1. The monoisotopic (exact) mass is 242 g/mol. The van der Waals surface area contributed by atoms with Crippen molar-refractivity contribution in [2.75, 3.05) is 25.9 Å². The smallest absolute Gasteiger partial charge is 0.0201 e. The highest BCUT2D eigenvalue weighted by Crippen LogP contribution is 2.30. The molecule has 0 radical (unpaired) electrons. The molecule has 2 fully saturated rings. The van der Waals surface area contributed by atoms with Gasteiger partial charge in [-0.1, -0.05) is 13.3 Å². The molecule has 2 nitrogen and oxygen atoms in total. The lowest BCUT2D eigenvalue weighted by Gasteiger charge is -2.33. The second kappa shape index (κ2) is 6.27. The van der Waals surface area contributed by atoms with Crippen molar-refractivity contribution in [2.24, 2.45) is 0 Å². The standard InChI is InChI=1S/C13H26N2S/c1-3-16-13-8-4-7-12(13)14-11-6-5-9-15(2)10-11/h11-14H,3-10H2,1-2H3. The molecule has 2 aliphatic rings. The van der Waals surface area contributed by atoms with Gasteiger partial charge < -0.3 is 10.2 Å². The Bertz CT molecular complexity index is 210. The summed E-state index contributed by atoms with van der Waals surface area (Å²) in [5, 5.41) is 4.81. The molecular weight excluding hydrogens is 216 g/mol. The molecule has 0 aromatic rings. The largest absolute Gasteiger partial charge is 0.309 e. The fraction of sp³-hybridized carbons (Fsp3) is 1.00. The first kappa shape index (κ1) is 12.7. The summed E-state index contributed by atoms with van der Waals surface area (Å²) in [5.74, 6) is 1.27. The molecule has 0 aromatic heterocycles. The van der Waals surface area contributed by atoms with Crippen molar-refractivity contribution in [1.29, 1.82) is 0 Å². The van der Waals surface area contributed by atoms with E-state index in [9.17, 15) is 0 Å². The molecule has 1 N–H and O–H groups in total.